The molecule has 0 saturated carbocycles. The number of pyridine rings is 1. The van der Waals surface area contributed by atoms with E-state index < -0.39 is 11.7 Å². The highest BCUT2D eigenvalue weighted by atomic mass is 16.2. The van der Waals surface area contributed by atoms with E-state index in [0.29, 0.717) is 59.6 Å². The molecule has 34 heavy (non-hydrogen) atoms. The fourth-order valence-corrected chi connectivity index (χ4v) is 4.29. The fraction of sp³-hybridized carbons (Fsp3) is 0.200. The Morgan fingerprint density at radius 2 is 1.85 bits per heavy atom. The zero-order chi connectivity index (χ0) is 23.7. The molecule has 5 rings (SSSR count). The number of nitrogens with one attached hydrogen (secondary N) is 1. The lowest BCUT2D eigenvalue weighted by Crippen LogP contribution is -2.40. The number of allylic oxidation sites excluding steroid dienone is 1. The Balaban J connectivity index is 1.36. The number of carbonyl (C=O) groups excluding carboxylic acids is 2. The average Bonchev–Trinajstić information content (AvgIpc) is 3.51. The maximum atomic E-state index is 13.1. The first kappa shape index (κ1) is 21.3. The summed E-state index contributed by atoms with van der Waals surface area (Å²) in [6, 6.07) is 13.5. The third kappa shape index (κ3) is 3.75. The van der Waals surface area contributed by atoms with E-state index in [-0.39, 0.29) is 0 Å². The van der Waals surface area contributed by atoms with E-state index in [1.54, 1.807) is 36.6 Å². The molecule has 4 heterocycles. The number of likely N-dealkylation sites (tertiary alicyclic amines) is 1. The minimum atomic E-state index is -0.575. The normalized spacial score (nSPS) is 13.6. The Morgan fingerprint density at radius 1 is 1.09 bits per heavy atom. The molecule has 168 valence electrons. The molecule has 1 aliphatic heterocycles. The van der Waals surface area contributed by atoms with Gasteiger partial charge in [0.05, 0.1) is 22.7 Å². The molecule has 3 aromatic heterocycles. The molecule has 1 N–H and O–H groups in total. The van der Waals surface area contributed by atoms with Gasteiger partial charge < -0.3 is 9.88 Å². The Labute approximate surface area is 195 Å². The third-order valence-corrected chi connectivity index (χ3v) is 6.03. The SMILES string of the molecule is Cc1ncn(-c2nccc3c(C(=O)C(=O)N4CCC(=C(C#N)c5ccccc5)CC4)c[nH]c23)n1. The first-order valence-corrected chi connectivity index (χ1v) is 10.9. The molecule has 1 saturated heterocycles. The number of nitriles is 1. The maximum Gasteiger partial charge on any atom is 0.295 e. The summed E-state index contributed by atoms with van der Waals surface area (Å²) in [7, 11) is 0. The molecule has 1 aromatic carbocycles. The van der Waals surface area contributed by atoms with Crippen LogP contribution in [0, 0.1) is 18.3 Å². The van der Waals surface area contributed by atoms with Crippen molar-refractivity contribution in [3.8, 4) is 11.9 Å². The van der Waals surface area contributed by atoms with Crippen molar-refractivity contribution in [2.24, 2.45) is 0 Å². The Bertz CT molecular complexity index is 1460. The first-order valence-electron chi connectivity index (χ1n) is 10.9. The van der Waals surface area contributed by atoms with Crippen LogP contribution < -0.4 is 0 Å². The van der Waals surface area contributed by atoms with Gasteiger partial charge in [-0.15, -0.1) is 0 Å². The topological polar surface area (TPSA) is 121 Å². The summed E-state index contributed by atoms with van der Waals surface area (Å²) in [5.41, 5.74) is 3.44. The largest absolute Gasteiger partial charge is 0.357 e. The Hall–Kier alpha value is -4.58. The summed E-state index contributed by atoms with van der Waals surface area (Å²) < 4.78 is 1.53. The average molecular weight is 451 g/mol. The van der Waals surface area contributed by atoms with Crippen molar-refractivity contribution < 1.29 is 9.59 Å². The van der Waals surface area contributed by atoms with Gasteiger partial charge in [0.2, 0.25) is 0 Å². The quantitative estimate of drug-likeness (QED) is 0.289. The van der Waals surface area contributed by atoms with Crippen LogP contribution in [-0.4, -0.2) is 54.4 Å². The van der Waals surface area contributed by atoms with Crippen molar-refractivity contribution in [1.29, 1.82) is 5.26 Å². The predicted molar refractivity (Wildman–Crippen MR) is 125 cm³/mol. The standard InChI is InChI=1S/C25H21N7O2/c1-16-29-15-32(30-16)24-22-19(7-10-27-24)21(14-28-22)23(33)25(34)31-11-8-18(9-12-31)20(13-26)17-5-3-2-4-6-17/h2-7,10,14-15,28H,8-9,11-12H2,1H3. The van der Waals surface area contributed by atoms with Gasteiger partial charge >= 0.3 is 0 Å². The third-order valence-electron chi connectivity index (χ3n) is 6.03. The number of Topliss-reactive ketones (excluding diaryl/α,β-unsaturated/α-hetero) is 1. The van der Waals surface area contributed by atoms with Crippen molar-refractivity contribution in [3.05, 3.63) is 77.6 Å². The van der Waals surface area contributed by atoms with E-state index in [9.17, 15) is 14.9 Å². The Kier molecular flexibility index (Phi) is 5.47. The zero-order valence-electron chi connectivity index (χ0n) is 18.5. The smallest absolute Gasteiger partial charge is 0.295 e. The van der Waals surface area contributed by atoms with Gasteiger partial charge in [-0.05, 0) is 37.0 Å². The van der Waals surface area contributed by atoms with Crippen LogP contribution in [0.3, 0.4) is 0 Å². The molecule has 1 fully saturated rings. The summed E-state index contributed by atoms with van der Waals surface area (Å²) in [6.45, 7) is 2.56. The van der Waals surface area contributed by atoms with Gasteiger partial charge in [0.15, 0.2) is 5.82 Å². The van der Waals surface area contributed by atoms with Gasteiger partial charge in [-0.1, -0.05) is 30.3 Å². The number of amides is 1. The number of fused-ring (bicyclic) bond motifs is 1. The highest BCUT2D eigenvalue weighted by Gasteiger charge is 2.29. The van der Waals surface area contributed by atoms with Crippen molar-refractivity contribution in [1.82, 2.24) is 29.6 Å². The van der Waals surface area contributed by atoms with Crippen LogP contribution in [0.4, 0.5) is 0 Å². The van der Waals surface area contributed by atoms with Crippen molar-refractivity contribution in [2.75, 3.05) is 13.1 Å². The number of piperidine rings is 1. The first-order chi connectivity index (χ1) is 16.6. The minimum Gasteiger partial charge on any atom is -0.357 e. The monoisotopic (exact) mass is 451 g/mol. The summed E-state index contributed by atoms with van der Waals surface area (Å²) in [6.07, 6.45) is 5.79. The molecule has 0 unspecified atom stereocenters. The lowest BCUT2D eigenvalue weighted by atomic mass is 9.93. The molecular weight excluding hydrogens is 430 g/mol. The van der Waals surface area contributed by atoms with E-state index >= 15 is 0 Å². The van der Waals surface area contributed by atoms with Crippen LogP contribution in [0.25, 0.3) is 22.3 Å². The molecule has 1 amide bonds. The lowest BCUT2D eigenvalue weighted by molar-refractivity contribution is -0.126. The van der Waals surface area contributed by atoms with Crippen LogP contribution in [0.15, 0.2) is 60.7 Å². The van der Waals surface area contributed by atoms with E-state index in [1.807, 2.05) is 30.3 Å². The van der Waals surface area contributed by atoms with Gasteiger partial charge in [-0.3, -0.25) is 9.59 Å². The van der Waals surface area contributed by atoms with Crippen molar-refractivity contribution in [2.45, 2.75) is 19.8 Å². The number of aryl methyl sites for hydroxylation is 1. The maximum absolute atomic E-state index is 13.1. The minimum absolute atomic E-state index is 0.295. The number of ketones is 1. The lowest BCUT2D eigenvalue weighted by Gasteiger charge is -2.28. The molecule has 4 aromatic rings. The van der Waals surface area contributed by atoms with Crippen molar-refractivity contribution >= 4 is 28.2 Å². The van der Waals surface area contributed by atoms with E-state index in [2.05, 4.69) is 26.1 Å². The number of rotatable bonds is 4. The highest BCUT2D eigenvalue weighted by molar-refractivity contribution is 6.45. The van der Waals surface area contributed by atoms with Crippen LogP contribution in [0.2, 0.25) is 0 Å². The van der Waals surface area contributed by atoms with Crippen molar-refractivity contribution in [3.63, 3.8) is 0 Å². The van der Waals surface area contributed by atoms with Crippen LogP contribution in [0.5, 0.6) is 0 Å². The highest BCUT2D eigenvalue weighted by Crippen LogP contribution is 2.28. The molecule has 0 aliphatic carbocycles. The number of benzene rings is 1. The number of hydrogen-bond acceptors (Lipinski definition) is 6. The molecule has 1 aliphatic rings. The van der Waals surface area contributed by atoms with E-state index in [0.717, 1.165) is 11.1 Å². The van der Waals surface area contributed by atoms with Crippen LogP contribution in [-0.2, 0) is 4.79 Å². The van der Waals surface area contributed by atoms with Gasteiger partial charge in [0, 0.05) is 30.9 Å². The van der Waals surface area contributed by atoms with Crippen LogP contribution >= 0.6 is 0 Å². The number of carbonyl (C=O) groups is 2. The second-order valence-corrected chi connectivity index (χ2v) is 8.07. The predicted octanol–water partition coefficient (Wildman–Crippen LogP) is 3.23. The molecule has 9 heteroatoms. The fourth-order valence-electron chi connectivity index (χ4n) is 4.29. The summed E-state index contributed by atoms with van der Waals surface area (Å²) in [5, 5.41) is 14.5. The number of H-pyrrole nitrogens is 1. The second-order valence-electron chi connectivity index (χ2n) is 8.07. The molecular formula is C25H21N7O2. The number of aromatic nitrogens is 5. The zero-order valence-corrected chi connectivity index (χ0v) is 18.5. The molecule has 0 bridgehead atoms. The summed E-state index contributed by atoms with van der Waals surface area (Å²) in [4.78, 5) is 39.3. The number of nitrogens with zero attached hydrogens (tertiary/aromatic N) is 6. The second kappa shape index (κ2) is 8.75. The molecule has 0 atom stereocenters. The van der Waals surface area contributed by atoms with Gasteiger partial charge in [0.1, 0.15) is 12.2 Å². The number of hydrogen-bond donors (Lipinski definition) is 1. The van der Waals surface area contributed by atoms with Gasteiger partial charge in [0.25, 0.3) is 11.7 Å². The van der Waals surface area contributed by atoms with Gasteiger partial charge in [-0.2, -0.15) is 10.4 Å². The van der Waals surface area contributed by atoms with E-state index in [1.165, 1.54) is 4.68 Å². The van der Waals surface area contributed by atoms with Gasteiger partial charge in [-0.25, -0.2) is 14.6 Å². The summed E-state index contributed by atoms with van der Waals surface area (Å²) >= 11 is 0. The molecule has 9 nitrogen and oxygen atoms in total. The molecule has 0 radical (unpaired) electrons. The molecule has 0 spiro atoms. The van der Waals surface area contributed by atoms with E-state index in [4.69, 9.17) is 0 Å². The number of aromatic amines is 1. The summed E-state index contributed by atoms with van der Waals surface area (Å²) in [5.74, 6) is -0.0215. The van der Waals surface area contributed by atoms with Crippen LogP contribution in [0.1, 0.15) is 34.6 Å². The Morgan fingerprint density at radius 3 is 2.53 bits per heavy atom.